The molecule has 2 rings (SSSR count). The molecule has 1 heterocycles. The summed E-state index contributed by atoms with van der Waals surface area (Å²) in [5, 5.41) is 2.63. The third-order valence-corrected chi connectivity index (χ3v) is 5.03. The average Bonchev–Trinajstić information content (AvgIpc) is 3.20. The van der Waals surface area contributed by atoms with Crippen LogP contribution in [0.4, 0.5) is 13.2 Å². The third kappa shape index (κ3) is 5.49. The molecular weight excluding hydrogens is 333 g/mol. The Balaban J connectivity index is 1.93. The molecule has 1 N–H and O–H groups in total. The van der Waals surface area contributed by atoms with Crippen LogP contribution in [-0.2, 0) is 26.6 Å². The van der Waals surface area contributed by atoms with E-state index in [1.165, 1.54) is 0 Å². The molecule has 1 atom stereocenters. The number of nitrogens with zero attached hydrogens (tertiary/aromatic N) is 1. The zero-order valence-corrected chi connectivity index (χ0v) is 13.2. The topological polar surface area (TPSA) is 76.1 Å². The van der Waals surface area contributed by atoms with Gasteiger partial charge in [0.25, 0.3) is 0 Å². The summed E-state index contributed by atoms with van der Waals surface area (Å²) < 4.78 is 61.1. The van der Waals surface area contributed by atoms with Crippen LogP contribution in [0.15, 0.2) is 18.3 Å². The van der Waals surface area contributed by atoms with Gasteiger partial charge in [-0.25, -0.2) is 8.42 Å². The first kappa shape index (κ1) is 17.7. The summed E-state index contributed by atoms with van der Waals surface area (Å²) in [6.07, 6.45) is -1.91. The molecule has 0 saturated heterocycles. The molecule has 0 spiro atoms. The summed E-state index contributed by atoms with van der Waals surface area (Å²) in [7, 11) is -3.79. The number of amides is 1. The van der Waals surface area contributed by atoms with Gasteiger partial charge in [0, 0.05) is 12.2 Å². The SMILES string of the molecule is CC(NC(=O)CS(=O)(=O)Cc1ccc(C(F)(F)F)cn1)C1CC1. The Morgan fingerprint density at radius 3 is 2.52 bits per heavy atom. The minimum absolute atomic E-state index is 0.0268. The van der Waals surface area contributed by atoms with Gasteiger partial charge < -0.3 is 5.32 Å². The van der Waals surface area contributed by atoms with Crippen molar-refractivity contribution in [3.05, 3.63) is 29.6 Å². The molecule has 23 heavy (non-hydrogen) atoms. The van der Waals surface area contributed by atoms with Crippen LogP contribution in [0.25, 0.3) is 0 Å². The van der Waals surface area contributed by atoms with Crippen molar-refractivity contribution >= 4 is 15.7 Å². The first-order chi connectivity index (χ1) is 10.6. The number of hydrogen-bond acceptors (Lipinski definition) is 4. The highest BCUT2D eigenvalue weighted by Crippen LogP contribution is 2.32. The highest BCUT2D eigenvalue weighted by molar-refractivity contribution is 7.91. The fourth-order valence-corrected chi connectivity index (χ4v) is 3.37. The van der Waals surface area contributed by atoms with Crippen molar-refractivity contribution in [2.45, 2.75) is 37.7 Å². The van der Waals surface area contributed by atoms with Gasteiger partial charge in [-0.15, -0.1) is 0 Å². The van der Waals surface area contributed by atoms with Crippen LogP contribution in [-0.4, -0.2) is 31.1 Å². The zero-order chi connectivity index (χ0) is 17.3. The highest BCUT2D eigenvalue weighted by Gasteiger charge is 2.31. The summed E-state index contributed by atoms with van der Waals surface area (Å²) in [5.41, 5.74) is -0.976. The van der Waals surface area contributed by atoms with Crippen molar-refractivity contribution in [2.75, 3.05) is 5.75 Å². The van der Waals surface area contributed by atoms with Gasteiger partial charge in [-0.2, -0.15) is 13.2 Å². The molecule has 128 valence electrons. The normalized spacial score (nSPS) is 16.9. The Morgan fingerprint density at radius 2 is 2.04 bits per heavy atom. The molecule has 1 unspecified atom stereocenters. The zero-order valence-electron chi connectivity index (χ0n) is 12.4. The van der Waals surface area contributed by atoms with E-state index in [4.69, 9.17) is 0 Å². The maximum atomic E-state index is 12.4. The number of hydrogen-bond donors (Lipinski definition) is 1. The van der Waals surface area contributed by atoms with Gasteiger partial charge in [-0.1, -0.05) is 0 Å². The molecule has 1 aromatic heterocycles. The maximum Gasteiger partial charge on any atom is 0.417 e. The number of halogens is 3. The smallest absolute Gasteiger partial charge is 0.352 e. The Hall–Kier alpha value is -1.64. The van der Waals surface area contributed by atoms with Crippen LogP contribution in [0.3, 0.4) is 0 Å². The van der Waals surface area contributed by atoms with Crippen LogP contribution in [0.1, 0.15) is 31.0 Å². The van der Waals surface area contributed by atoms with Crippen LogP contribution in [0.5, 0.6) is 0 Å². The molecule has 1 saturated carbocycles. The largest absolute Gasteiger partial charge is 0.417 e. The Labute approximate surface area is 132 Å². The van der Waals surface area contributed by atoms with Gasteiger partial charge in [0.2, 0.25) is 5.91 Å². The highest BCUT2D eigenvalue weighted by atomic mass is 32.2. The Bertz CT molecular complexity index is 668. The van der Waals surface area contributed by atoms with Gasteiger partial charge in [-0.05, 0) is 37.8 Å². The number of pyridine rings is 1. The number of aromatic nitrogens is 1. The van der Waals surface area contributed by atoms with E-state index in [2.05, 4.69) is 10.3 Å². The molecule has 1 fully saturated rings. The quantitative estimate of drug-likeness (QED) is 0.851. The monoisotopic (exact) mass is 350 g/mol. The molecule has 1 aromatic rings. The second-order valence-electron chi connectivity index (χ2n) is 5.76. The molecule has 5 nitrogen and oxygen atoms in total. The predicted octanol–water partition coefficient (Wildman–Crippen LogP) is 1.93. The summed E-state index contributed by atoms with van der Waals surface area (Å²) in [6, 6.07) is 1.71. The first-order valence-electron chi connectivity index (χ1n) is 7.09. The molecule has 9 heteroatoms. The minimum Gasteiger partial charge on any atom is -0.352 e. The minimum atomic E-state index is -4.52. The second-order valence-corrected chi connectivity index (χ2v) is 7.83. The van der Waals surface area contributed by atoms with E-state index in [9.17, 15) is 26.4 Å². The molecule has 1 aliphatic carbocycles. The standard InChI is InChI=1S/C14H17F3N2O3S/c1-9(10-2-3-10)19-13(20)8-23(21,22)7-12-5-4-11(6-18-12)14(15,16)17/h4-6,9-10H,2-3,7-8H2,1H3,(H,19,20). The van der Waals surface area contributed by atoms with Gasteiger partial charge in [0.15, 0.2) is 9.84 Å². The number of rotatable bonds is 6. The van der Waals surface area contributed by atoms with E-state index in [1.54, 1.807) is 0 Å². The van der Waals surface area contributed by atoms with Gasteiger partial charge >= 0.3 is 6.18 Å². The molecule has 0 aromatic carbocycles. The van der Waals surface area contributed by atoms with Crippen LogP contribution >= 0.6 is 0 Å². The fourth-order valence-electron chi connectivity index (χ4n) is 2.16. The third-order valence-electron chi connectivity index (χ3n) is 3.59. The lowest BCUT2D eigenvalue weighted by Gasteiger charge is -2.12. The van der Waals surface area contributed by atoms with Crippen LogP contribution in [0, 0.1) is 5.92 Å². The van der Waals surface area contributed by atoms with E-state index >= 15 is 0 Å². The van der Waals surface area contributed by atoms with E-state index in [0.29, 0.717) is 12.1 Å². The summed E-state index contributed by atoms with van der Waals surface area (Å²) in [6.45, 7) is 1.82. The molecule has 1 amide bonds. The van der Waals surface area contributed by atoms with E-state index in [1.807, 2.05) is 6.92 Å². The summed E-state index contributed by atoms with van der Waals surface area (Å²) in [5.74, 6) is -1.47. The maximum absolute atomic E-state index is 12.4. The van der Waals surface area contributed by atoms with Crippen molar-refractivity contribution < 1.29 is 26.4 Å². The number of carbonyl (C=O) groups excluding carboxylic acids is 1. The van der Waals surface area contributed by atoms with Crippen molar-refractivity contribution in [3.63, 3.8) is 0 Å². The Kier molecular flexibility index (Phi) is 4.98. The molecular formula is C14H17F3N2O3S. The number of carbonyl (C=O) groups is 1. The lowest BCUT2D eigenvalue weighted by atomic mass is 10.2. The van der Waals surface area contributed by atoms with Crippen molar-refractivity contribution in [3.8, 4) is 0 Å². The van der Waals surface area contributed by atoms with Crippen LogP contribution in [0.2, 0.25) is 0 Å². The van der Waals surface area contributed by atoms with E-state index in [-0.39, 0.29) is 11.7 Å². The van der Waals surface area contributed by atoms with Crippen molar-refractivity contribution in [1.29, 1.82) is 0 Å². The molecule has 0 radical (unpaired) electrons. The molecule has 0 bridgehead atoms. The van der Waals surface area contributed by atoms with Gasteiger partial charge in [0.05, 0.1) is 17.0 Å². The van der Waals surface area contributed by atoms with Crippen LogP contribution < -0.4 is 5.32 Å². The predicted molar refractivity (Wildman–Crippen MR) is 77.1 cm³/mol. The summed E-state index contributed by atoms with van der Waals surface area (Å²) >= 11 is 0. The number of nitrogens with one attached hydrogen (secondary N) is 1. The average molecular weight is 350 g/mol. The number of alkyl halides is 3. The van der Waals surface area contributed by atoms with Crippen molar-refractivity contribution in [2.24, 2.45) is 5.92 Å². The van der Waals surface area contributed by atoms with E-state index in [0.717, 1.165) is 25.0 Å². The second kappa shape index (κ2) is 6.46. The lowest BCUT2D eigenvalue weighted by molar-refractivity contribution is -0.137. The first-order valence-corrected chi connectivity index (χ1v) is 8.91. The molecule has 0 aliphatic heterocycles. The lowest BCUT2D eigenvalue weighted by Crippen LogP contribution is -2.38. The van der Waals surface area contributed by atoms with Gasteiger partial charge in [-0.3, -0.25) is 9.78 Å². The van der Waals surface area contributed by atoms with Gasteiger partial charge in [0.1, 0.15) is 5.75 Å². The summed E-state index contributed by atoms with van der Waals surface area (Å²) in [4.78, 5) is 15.2. The molecule has 1 aliphatic rings. The fraction of sp³-hybridized carbons (Fsp3) is 0.571. The van der Waals surface area contributed by atoms with E-state index < -0.39 is 39.0 Å². The number of sulfone groups is 1. The van der Waals surface area contributed by atoms with Crippen molar-refractivity contribution in [1.82, 2.24) is 10.3 Å². The Morgan fingerprint density at radius 1 is 1.39 bits per heavy atom.